The van der Waals surface area contributed by atoms with Gasteiger partial charge in [0.1, 0.15) is 6.07 Å². The van der Waals surface area contributed by atoms with Gasteiger partial charge >= 0.3 is 0 Å². The summed E-state index contributed by atoms with van der Waals surface area (Å²) in [5, 5.41) is 12.7. The Morgan fingerprint density at radius 1 is 1.18 bits per heavy atom. The molecule has 0 saturated heterocycles. The Morgan fingerprint density at radius 3 is 2.64 bits per heavy atom. The second-order valence-electron chi connectivity index (χ2n) is 5.31. The summed E-state index contributed by atoms with van der Waals surface area (Å²) < 4.78 is 0. The van der Waals surface area contributed by atoms with Crippen molar-refractivity contribution in [3.63, 3.8) is 0 Å². The van der Waals surface area contributed by atoms with Crippen LogP contribution in [0.5, 0.6) is 0 Å². The van der Waals surface area contributed by atoms with E-state index in [0.29, 0.717) is 10.6 Å². The number of halogens is 1. The van der Waals surface area contributed by atoms with E-state index in [1.54, 1.807) is 12.1 Å². The highest BCUT2D eigenvalue weighted by atomic mass is 35.5. The summed E-state index contributed by atoms with van der Waals surface area (Å²) >= 11 is 6.04. The van der Waals surface area contributed by atoms with Crippen molar-refractivity contribution >= 4 is 17.3 Å². The van der Waals surface area contributed by atoms with Gasteiger partial charge < -0.3 is 10.2 Å². The number of hydrogen-bond donors (Lipinski definition) is 1. The number of hydrogen-bond acceptors (Lipinski definition) is 3. The van der Waals surface area contributed by atoms with Gasteiger partial charge in [0.15, 0.2) is 0 Å². The molecule has 0 radical (unpaired) electrons. The number of nitriles is 1. The first kappa shape index (κ1) is 16.4. The van der Waals surface area contributed by atoms with Gasteiger partial charge in [0.05, 0.1) is 10.6 Å². The van der Waals surface area contributed by atoms with Crippen molar-refractivity contribution in [2.24, 2.45) is 0 Å². The topological polar surface area (TPSA) is 39.1 Å². The SMILES string of the molecule is CCN(C)Cc1cccc(CNc2ccc(C#N)c(Cl)c2)c1. The molecule has 0 saturated carbocycles. The van der Waals surface area contributed by atoms with Gasteiger partial charge in [-0.05, 0) is 42.9 Å². The summed E-state index contributed by atoms with van der Waals surface area (Å²) in [4.78, 5) is 2.27. The summed E-state index contributed by atoms with van der Waals surface area (Å²) in [6.45, 7) is 4.87. The third kappa shape index (κ3) is 4.49. The molecule has 114 valence electrons. The normalized spacial score (nSPS) is 10.5. The van der Waals surface area contributed by atoms with Crippen LogP contribution in [0.4, 0.5) is 5.69 Å². The average molecular weight is 314 g/mol. The third-order valence-corrected chi connectivity index (χ3v) is 3.88. The lowest BCUT2D eigenvalue weighted by molar-refractivity contribution is 0.345. The van der Waals surface area contributed by atoms with Crippen molar-refractivity contribution in [1.82, 2.24) is 4.90 Å². The van der Waals surface area contributed by atoms with Crippen LogP contribution in [-0.2, 0) is 13.1 Å². The lowest BCUT2D eigenvalue weighted by Gasteiger charge is -2.15. The first-order valence-electron chi connectivity index (χ1n) is 7.32. The second-order valence-corrected chi connectivity index (χ2v) is 5.72. The number of nitrogens with one attached hydrogen (secondary N) is 1. The van der Waals surface area contributed by atoms with Crippen molar-refractivity contribution in [2.75, 3.05) is 18.9 Å². The molecule has 0 atom stereocenters. The van der Waals surface area contributed by atoms with Crippen LogP contribution in [0.1, 0.15) is 23.6 Å². The van der Waals surface area contributed by atoms with Gasteiger partial charge in [0, 0.05) is 18.8 Å². The van der Waals surface area contributed by atoms with E-state index in [0.717, 1.165) is 25.3 Å². The molecule has 0 amide bonds. The Kier molecular flexibility index (Phi) is 5.83. The molecule has 0 aromatic heterocycles. The van der Waals surface area contributed by atoms with Crippen LogP contribution < -0.4 is 5.32 Å². The molecule has 22 heavy (non-hydrogen) atoms. The Hall–Kier alpha value is -2.02. The molecule has 1 N–H and O–H groups in total. The molecular weight excluding hydrogens is 294 g/mol. The molecule has 0 heterocycles. The van der Waals surface area contributed by atoms with Crippen molar-refractivity contribution in [3.8, 4) is 6.07 Å². The molecule has 2 rings (SSSR count). The first-order chi connectivity index (χ1) is 10.6. The minimum Gasteiger partial charge on any atom is -0.381 e. The van der Waals surface area contributed by atoms with E-state index in [4.69, 9.17) is 16.9 Å². The maximum Gasteiger partial charge on any atom is 0.101 e. The van der Waals surface area contributed by atoms with Crippen LogP contribution in [0.25, 0.3) is 0 Å². The Balaban J connectivity index is 2.01. The molecule has 0 aliphatic heterocycles. The van der Waals surface area contributed by atoms with Crippen LogP contribution in [0, 0.1) is 11.3 Å². The highest BCUT2D eigenvalue weighted by Gasteiger charge is 2.02. The molecule has 0 bridgehead atoms. The average Bonchev–Trinajstić information content (AvgIpc) is 2.53. The second kappa shape index (κ2) is 7.84. The minimum atomic E-state index is 0.478. The molecule has 2 aromatic carbocycles. The predicted octanol–water partition coefficient (Wildman–Crippen LogP) is 4.28. The van der Waals surface area contributed by atoms with Crippen molar-refractivity contribution < 1.29 is 0 Å². The van der Waals surface area contributed by atoms with Crippen LogP contribution >= 0.6 is 11.6 Å². The van der Waals surface area contributed by atoms with Gasteiger partial charge in [0.25, 0.3) is 0 Å². The fraction of sp³-hybridized carbons (Fsp3) is 0.278. The predicted molar refractivity (Wildman–Crippen MR) is 91.9 cm³/mol. The molecule has 0 unspecified atom stereocenters. The smallest absolute Gasteiger partial charge is 0.101 e. The quantitative estimate of drug-likeness (QED) is 0.865. The van der Waals surface area contributed by atoms with E-state index in [-0.39, 0.29) is 0 Å². The van der Waals surface area contributed by atoms with Crippen LogP contribution in [-0.4, -0.2) is 18.5 Å². The fourth-order valence-electron chi connectivity index (χ4n) is 2.18. The fourth-order valence-corrected chi connectivity index (χ4v) is 2.40. The van der Waals surface area contributed by atoms with Gasteiger partial charge in [-0.1, -0.05) is 42.8 Å². The van der Waals surface area contributed by atoms with Crippen LogP contribution in [0.15, 0.2) is 42.5 Å². The van der Waals surface area contributed by atoms with Gasteiger partial charge in [0.2, 0.25) is 0 Å². The zero-order chi connectivity index (χ0) is 15.9. The molecule has 4 heteroatoms. The molecule has 2 aromatic rings. The minimum absolute atomic E-state index is 0.478. The van der Waals surface area contributed by atoms with Crippen molar-refractivity contribution in [2.45, 2.75) is 20.0 Å². The van der Waals surface area contributed by atoms with Gasteiger partial charge in [-0.15, -0.1) is 0 Å². The van der Waals surface area contributed by atoms with Crippen LogP contribution in [0.3, 0.4) is 0 Å². The van der Waals surface area contributed by atoms with Crippen LogP contribution in [0.2, 0.25) is 5.02 Å². The van der Waals surface area contributed by atoms with E-state index < -0.39 is 0 Å². The van der Waals surface area contributed by atoms with Crippen molar-refractivity contribution in [3.05, 3.63) is 64.2 Å². The molecule has 0 aliphatic rings. The van der Waals surface area contributed by atoms with E-state index >= 15 is 0 Å². The highest BCUT2D eigenvalue weighted by Crippen LogP contribution is 2.20. The third-order valence-electron chi connectivity index (χ3n) is 3.57. The molecular formula is C18H20ClN3. The number of rotatable bonds is 6. The summed E-state index contributed by atoms with van der Waals surface area (Å²) in [7, 11) is 2.11. The standard InChI is InChI=1S/C18H20ClN3/c1-3-22(2)13-15-6-4-5-14(9-15)12-21-17-8-7-16(11-20)18(19)10-17/h4-10,21H,3,12-13H2,1-2H3. The number of anilines is 1. The maximum absolute atomic E-state index is 8.88. The van der Waals surface area contributed by atoms with E-state index in [1.165, 1.54) is 11.1 Å². The monoisotopic (exact) mass is 313 g/mol. The molecule has 0 fully saturated rings. The van der Waals surface area contributed by atoms with E-state index in [1.807, 2.05) is 6.07 Å². The lowest BCUT2D eigenvalue weighted by atomic mass is 10.1. The van der Waals surface area contributed by atoms with E-state index in [2.05, 4.69) is 54.5 Å². The van der Waals surface area contributed by atoms with Gasteiger partial charge in [-0.25, -0.2) is 0 Å². The van der Waals surface area contributed by atoms with Gasteiger partial charge in [-0.3, -0.25) is 0 Å². The Labute approximate surface area is 137 Å². The summed E-state index contributed by atoms with van der Waals surface area (Å²) in [5.41, 5.74) is 3.95. The zero-order valence-corrected chi connectivity index (χ0v) is 13.7. The lowest BCUT2D eigenvalue weighted by Crippen LogP contribution is -2.16. The van der Waals surface area contributed by atoms with Gasteiger partial charge in [-0.2, -0.15) is 5.26 Å². The Morgan fingerprint density at radius 2 is 1.95 bits per heavy atom. The maximum atomic E-state index is 8.88. The van der Waals surface area contributed by atoms with Crippen molar-refractivity contribution in [1.29, 1.82) is 5.26 Å². The molecule has 0 aliphatic carbocycles. The highest BCUT2D eigenvalue weighted by molar-refractivity contribution is 6.32. The summed E-state index contributed by atoms with van der Waals surface area (Å²) in [6, 6.07) is 16.0. The largest absolute Gasteiger partial charge is 0.381 e. The summed E-state index contributed by atoms with van der Waals surface area (Å²) in [6.07, 6.45) is 0. The molecule has 3 nitrogen and oxygen atoms in total. The Bertz CT molecular complexity index is 676. The number of benzene rings is 2. The number of nitrogens with zero attached hydrogens (tertiary/aromatic N) is 2. The molecule has 0 spiro atoms. The summed E-state index contributed by atoms with van der Waals surface area (Å²) in [5.74, 6) is 0. The zero-order valence-electron chi connectivity index (χ0n) is 12.9. The van der Waals surface area contributed by atoms with E-state index in [9.17, 15) is 0 Å². The first-order valence-corrected chi connectivity index (χ1v) is 7.70.